The fourth-order valence-electron chi connectivity index (χ4n) is 2.14. The lowest BCUT2D eigenvalue weighted by atomic mass is 10.1. The number of hydrogen-bond acceptors (Lipinski definition) is 7. The Labute approximate surface area is 112 Å². The van der Waals surface area contributed by atoms with E-state index in [0.717, 1.165) is 25.3 Å². The van der Waals surface area contributed by atoms with Crippen LogP contribution in [0.4, 0.5) is 11.8 Å². The van der Waals surface area contributed by atoms with Crippen molar-refractivity contribution in [3.63, 3.8) is 0 Å². The molecule has 1 aromatic rings. The van der Waals surface area contributed by atoms with Gasteiger partial charge in [-0.1, -0.05) is 0 Å². The van der Waals surface area contributed by atoms with E-state index in [-0.39, 0.29) is 12.0 Å². The molecule has 0 unspecified atom stereocenters. The number of rotatable bonds is 3. The number of nitrogens with zero attached hydrogens (tertiary/aromatic N) is 3. The standard InChI is InChI=1S/C12H19N7/c1-7(14)9(5-13)10-4-11(18-12(16)17-10)19-3-2-8(15)6-19/h4-5,8,13H,2-3,6,14-15H2,1H3,(H2,16,17,18)/b9-7+,13-5?/t8-/m1/s1. The zero-order chi connectivity index (χ0) is 14.0. The molecule has 0 saturated carbocycles. The van der Waals surface area contributed by atoms with Crippen molar-refractivity contribution in [2.75, 3.05) is 23.7 Å². The van der Waals surface area contributed by atoms with Gasteiger partial charge in [0.05, 0.1) is 5.69 Å². The average Bonchev–Trinajstić information content (AvgIpc) is 2.75. The Balaban J connectivity index is 2.40. The molecule has 19 heavy (non-hydrogen) atoms. The van der Waals surface area contributed by atoms with Crippen LogP contribution < -0.4 is 22.1 Å². The van der Waals surface area contributed by atoms with Gasteiger partial charge in [-0.25, -0.2) is 4.98 Å². The summed E-state index contributed by atoms with van der Waals surface area (Å²) < 4.78 is 0. The van der Waals surface area contributed by atoms with Crippen LogP contribution in [0.5, 0.6) is 0 Å². The van der Waals surface area contributed by atoms with Crippen LogP contribution >= 0.6 is 0 Å². The van der Waals surface area contributed by atoms with E-state index in [0.29, 0.717) is 17.0 Å². The number of aromatic nitrogens is 2. The Morgan fingerprint density at radius 3 is 2.79 bits per heavy atom. The highest BCUT2D eigenvalue weighted by molar-refractivity contribution is 6.08. The summed E-state index contributed by atoms with van der Waals surface area (Å²) in [5.41, 5.74) is 19.0. The van der Waals surface area contributed by atoms with Crippen molar-refractivity contribution in [1.29, 1.82) is 5.41 Å². The van der Waals surface area contributed by atoms with Gasteiger partial charge in [0.25, 0.3) is 0 Å². The lowest BCUT2D eigenvalue weighted by Gasteiger charge is -2.18. The third-order valence-electron chi connectivity index (χ3n) is 3.12. The fourth-order valence-corrected chi connectivity index (χ4v) is 2.14. The van der Waals surface area contributed by atoms with Gasteiger partial charge < -0.3 is 27.5 Å². The van der Waals surface area contributed by atoms with Gasteiger partial charge in [-0.2, -0.15) is 4.98 Å². The number of anilines is 2. The molecule has 0 bridgehead atoms. The van der Waals surface area contributed by atoms with E-state index in [1.54, 1.807) is 13.0 Å². The SMILES string of the molecule is C/C(N)=C(/C=N)c1cc(N2CC[C@@H](N)C2)nc(N)n1. The van der Waals surface area contributed by atoms with Crippen LogP contribution in [-0.2, 0) is 0 Å². The Morgan fingerprint density at radius 1 is 1.53 bits per heavy atom. The molecular weight excluding hydrogens is 242 g/mol. The summed E-state index contributed by atoms with van der Waals surface area (Å²) >= 11 is 0. The number of nitrogen functional groups attached to an aromatic ring is 1. The summed E-state index contributed by atoms with van der Waals surface area (Å²) in [6, 6.07) is 1.96. The highest BCUT2D eigenvalue weighted by Crippen LogP contribution is 2.22. The Bertz CT molecular complexity index is 519. The monoisotopic (exact) mass is 261 g/mol. The maximum absolute atomic E-state index is 7.41. The van der Waals surface area contributed by atoms with Crippen molar-refractivity contribution < 1.29 is 0 Å². The molecule has 1 atom stereocenters. The van der Waals surface area contributed by atoms with E-state index in [9.17, 15) is 0 Å². The Hall–Kier alpha value is -2.15. The molecule has 1 aliphatic rings. The topological polar surface area (TPSA) is 131 Å². The van der Waals surface area contributed by atoms with E-state index >= 15 is 0 Å². The van der Waals surface area contributed by atoms with Crippen molar-refractivity contribution in [3.8, 4) is 0 Å². The summed E-state index contributed by atoms with van der Waals surface area (Å²) in [4.78, 5) is 10.4. The summed E-state index contributed by atoms with van der Waals surface area (Å²) in [5.74, 6) is 0.907. The summed E-state index contributed by atoms with van der Waals surface area (Å²) in [6.07, 6.45) is 2.11. The molecule has 7 N–H and O–H groups in total. The smallest absolute Gasteiger partial charge is 0.222 e. The number of allylic oxidation sites excluding steroid dienone is 2. The molecule has 1 aromatic heterocycles. The van der Waals surface area contributed by atoms with Gasteiger partial charge in [-0.3, -0.25) is 0 Å². The van der Waals surface area contributed by atoms with Crippen LogP contribution in [0.1, 0.15) is 19.0 Å². The molecule has 0 radical (unpaired) electrons. The summed E-state index contributed by atoms with van der Waals surface area (Å²) in [6.45, 7) is 3.33. The largest absolute Gasteiger partial charge is 0.402 e. The van der Waals surface area contributed by atoms with Crippen molar-refractivity contribution in [2.24, 2.45) is 11.5 Å². The van der Waals surface area contributed by atoms with E-state index in [2.05, 4.69) is 14.9 Å². The van der Waals surface area contributed by atoms with Crippen molar-refractivity contribution in [1.82, 2.24) is 9.97 Å². The zero-order valence-corrected chi connectivity index (χ0v) is 10.9. The normalized spacial score (nSPS) is 20.3. The van der Waals surface area contributed by atoms with Gasteiger partial charge >= 0.3 is 0 Å². The van der Waals surface area contributed by atoms with Crippen LogP contribution in [0.15, 0.2) is 11.8 Å². The van der Waals surface area contributed by atoms with E-state index < -0.39 is 0 Å². The second kappa shape index (κ2) is 5.23. The Morgan fingerprint density at radius 2 is 2.26 bits per heavy atom. The lowest BCUT2D eigenvalue weighted by Crippen LogP contribution is -2.27. The minimum absolute atomic E-state index is 0.161. The molecule has 1 fully saturated rings. The molecule has 2 rings (SSSR count). The van der Waals surface area contributed by atoms with Crippen LogP contribution in [0, 0.1) is 5.41 Å². The van der Waals surface area contributed by atoms with E-state index in [1.807, 2.05) is 0 Å². The predicted octanol–water partition coefficient (Wildman–Crippen LogP) is -0.0645. The lowest BCUT2D eigenvalue weighted by molar-refractivity contribution is 0.751. The van der Waals surface area contributed by atoms with Crippen molar-refractivity contribution >= 4 is 23.6 Å². The first-order chi connectivity index (χ1) is 9.01. The van der Waals surface area contributed by atoms with Gasteiger partial charge in [0.2, 0.25) is 5.95 Å². The van der Waals surface area contributed by atoms with Crippen LogP contribution in [-0.4, -0.2) is 35.3 Å². The van der Waals surface area contributed by atoms with Gasteiger partial charge in [0.15, 0.2) is 0 Å². The van der Waals surface area contributed by atoms with Gasteiger partial charge in [0.1, 0.15) is 5.82 Å². The van der Waals surface area contributed by atoms with Gasteiger partial charge in [-0.05, 0) is 13.3 Å². The molecule has 0 spiro atoms. The number of nitrogens with one attached hydrogen (secondary N) is 1. The second-order valence-corrected chi connectivity index (χ2v) is 4.71. The molecule has 7 heteroatoms. The maximum Gasteiger partial charge on any atom is 0.222 e. The molecule has 1 saturated heterocycles. The first-order valence-electron chi connectivity index (χ1n) is 6.13. The first kappa shape index (κ1) is 13.3. The minimum Gasteiger partial charge on any atom is -0.402 e. The second-order valence-electron chi connectivity index (χ2n) is 4.71. The fraction of sp³-hybridized carbons (Fsp3) is 0.417. The third kappa shape index (κ3) is 2.82. The summed E-state index contributed by atoms with van der Waals surface area (Å²) in [5, 5.41) is 7.41. The third-order valence-corrected chi connectivity index (χ3v) is 3.12. The molecular formula is C12H19N7. The van der Waals surface area contributed by atoms with Crippen molar-refractivity contribution in [3.05, 3.63) is 17.5 Å². The zero-order valence-electron chi connectivity index (χ0n) is 10.9. The molecule has 7 nitrogen and oxygen atoms in total. The molecule has 0 aliphatic carbocycles. The molecule has 0 amide bonds. The Kier molecular flexibility index (Phi) is 3.66. The molecule has 102 valence electrons. The van der Waals surface area contributed by atoms with E-state index in [1.165, 1.54) is 6.21 Å². The minimum atomic E-state index is 0.161. The van der Waals surface area contributed by atoms with Crippen molar-refractivity contribution in [2.45, 2.75) is 19.4 Å². The van der Waals surface area contributed by atoms with Crippen LogP contribution in [0.2, 0.25) is 0 Å². The van der Waals surface area contributed by atoms with E-state index in [4.69, 9.17) is 22.6 Å². The maximum atomic E-state index is 7.41. The quantitative estimate of drug-likeness (QED) is 0.563. The molecule has 2 heterocycles. The van der Waals surface area contributed by atoms with Crippen LogP contribution in [0.3, 0.4) is 0 Å². The number of nitrogens with two attached hydrogens (primary N) is 3. The highest BCUT2D eigenvalue weighted by Gasteiger charge is 2.21. The summed E-state index contributed by atoms with van der Waals surface area (Å²) in [7, 11) is 0. The van der Waals surface area contributed by atoms with Gasteiger partial charge in [0, 0.05) is 42.7 Å². The van der Waals surface area contributed by atoms with Crippen LogP contribution in [0.25, 0.3) is 5.57 Å². The predicted molar refractivity (Wildman–Crippen MR) is 76.8 cm³/mol. The highest BCUT2D eigenvalue weighted by atomic mass is 15.2. The van der Waals surface area contributed by atoms with Gasteiger partial charge in [-0.15, -0.1) is 0 Å². The molecule has 1 aliphatic heterocycles. The first-order valence-corrected chi connectivity index (χ1v) is 6.13. The molecule has 0 aromatic carbocycles. The number of hydrogen-bond donors (Lipinski definition) is 4. The average molecular weight is 261 g/mol.